The number of aliphatic hydroxyl groups excluding tert-OH is 2. The van der Waals surface area contributed by atoms with Gasteiger partial charge in [0.2, 0.25) is 5.91 Å². The van der Waals surface area contributed by atoms with Gasteiger partial charge in [-0.25, -0.2) is 0 Å². The number of carbonyl (C=O) groups excluding carboxylic acids is 1. The van der Waals surface area contributed by atoms with Gasteiger partial charge in [-0.05, 0) is 89.9 Å². The Balaban J connectivity index is 3.65. The fourth-order valence-electron chi connectivity index (χ4n) is 7.09. The van der Waals surface area contributed by atoms with Gasteiger partial charge in [0.15, 0.2) is 0 Å². The maximum atomic E-state index is 12.4. The van der Waals surface area contributed by atoms with Crippen molar-refractivity contribution >= 4 is 5.91 Å². The van der Waals surface area contributed by atoms with E-state index < -0.39 is 12.1 Å². The Kier molecular flexibility index (Phi) is 49.4. The lowest BCUT2D eigenvalue weighted by molar-refractivity contribution is -0.123. The van der Waals surface area contributed by atoms with Gasteiger partial charge in [0.05, 0.1) is 18.8 Å². The van der Waals surface area contributed by atoms with Crippen molar-refractivity contribution in [3.63, 3.8) is 0 Å². The topological polar surface area (TPSA) is 69.6 Å². The highest BCUT2D eigenvalue weighted by atomic mass is 16.3. The molecule has 0 aromatic carbocycles. The van der Waals surface area contributed by atoms with Crippen LogP contribution in [0.1, 0.15) is 219 Å². The molecule has 0 heterocycles. The Labute approximate surface area is 384 Å². The van der Waals surface area contributed by atoms with Crippen molar-refractivity contribution in [2.75, 3.05) is 6.61 Å². The number of hydrogen-bond donors (Lipinski definition) is 3. The van der Waals surface area contributed by atoms with Crippen LogP contribution in [0.2, 0.25) is 0 Å². The van der Waals surface area contributed by atoms with E-state index in [4.69, 9.17) is 0 Å². The molecular weight excluding hydrogens is 759 g/mol. The Hall–Kier alpha value is -3.21. The molecule has 352 valence electrons. The molecule has 2 unspecified atom stereocenters. The minimum atomic E-state index is -0.673. The Bertz CT molecular complexity index is 1240. The van der Waals surface area contributed by atoms with Crippen molar-refractivity contribution in [1.82, 2.24) is 5.32 Å². The molecule has 0 aliphatic heterocycles. The van der Waals surface area contributed by atoms with Crippen LogP contribution in [0.15, 0.2) is 122 Å². The van der Waals surface area contributed by atoms with Gasteiger partial charge in [0.1, 0.15) is 0 Å². The van der Waals surface area contributed by atoms with E-state index in [1.807, 2.05) is 0 Å². The van der Waals surface area contributed by atoms with Gasteiger partial charge in [-0.1, -0.05) is 245 Å². The molecule has 62 heavy (non-hydrogen) atoms. The van der Waals surface area contributed by atoms with Crippen LogP contribution in [0.5, 0.6) is 0 Å². The van der Waals surface area contributed by atoms with Gasteiger partial charge in [-0.15, -0.1) is 0 Å². The van der Waals surface area contributed by atoms with E-state index in [0.717, 1.165) is 103 Å². The monoisotopic (exact) mass is 856 g/mol. The molecular formula is C58H97NO3. The molecule has 0 radical (unpaired) electrons. The van der Waals surface area contributed by atoms with Crippen LogP contribution in [-0.4, -0.2) is 34.9 Å². The lowest BCUT2D eigenvalue weighted by atomic mass is 10.0. The number of aliphatic hydroxyl groups is 2. The normalized spacial score (nSPS) is 13.9. The highest BCUT2D eigenvalue weighted by Gasteiger charge is 2.20. The number of amides is 1. The summed E-state index contributed by atoms with van der Waals surface area (Å²) in [5, 5.41) is 23.2. The standard InChI is InChI=1S/C58H97NO3/c1-3-5-7-9-11-13-15-17-18-19-20-21-22-23-24-25-26-27-28-29-30-31-32-33-34-35-36-37-38-39-40-42-44-46-48-50-52-54-58(62)59-56(55-60)57(61)53-51-49-47-45-43-41-16-14-12-10-8-6-4-2/h5,7,11,13,17-18,20-21,23-24,26-27,29-30,32-33,35-36,38-39,56-57,60-61H,3-4,6,8-10,12,14-16,19,22,25,28,31,34,37,40-55H2,1-2H3,(H,59,62)/b7-5-,13-11-,18-17-,21-20-,24-23-,27-26-,30-29-,33-32-,36-35-,39-38-. The van der Waals surface area contributed by atoms with Crippen LogP contribution in [0, 0.1) is 0 Å². The van der Waals surface area contributed by atoms with E-state index >= 15 is 0 Å². The van der Waals surface area contributed by atoms with Crippen molar-refractivity contribution < 1.29 is 15.0 Å². The lowest BCUT2D eigenvalue weighted by Gasteiger charge is -2.22. The zero-order chi connectivity index (χ0) is 44.9. The molecule has 0 rings (SSSR count). The number of hydrogen-bond acceptors (Lipinski definition) is 3. The summed E-state index contributed by atoms with van der Waals surface area (Å²) in [5.41, 5.74) is 0. The summed E-state index contributed by atoms with van der Waals surface area (Å²) < 4.78 is 0. The third-order valence-electron chi connectivity index (χ3n) is 11.0. The quantitative estimate of drug-likeness (QED) is 0.0422. The fourth-order valence-corrected chi connectivity index (χ4v) is 7.09. The molecule has 1 amide bonds. The molecule has 0 bridgehead atoms. The number of carbonyl (C=O) groups is 1. The highest BCUT2D eigenvalue weighted by Crippen LogP contribution is 2.15. The maximum Gasteiger partial charge on any atom is 0.220 e. The lowest BCUT2D eigenvalue weighted by Crippen LogP contribution is -2.45. The van der Waals surface area contributed by atoms with E-state index in [1.165, 1.54) is 89.9 Å². The first-order valence-corrected chi connectivity index (χ1v) is 25.7. The van der Waals surface area contributed by atoms with Crippen LogP contribution in [0.25, 0.3) is 0 Å². The van der Waals surface area contributed by atoms with Gasteiger partial charge in [0, 0.05) is 6.42 Å². The van der Waals surface area contributed by atoms with E-state index in [-0.39, 0.29) is 12.5 Å². The average molecular weight is 856 g/mol. The van der Waals surface area contributed by atoms with Crippen LogP contribution in [0.4, 0.5) is 0 Å². The highest BCUT2D eigenvalue weighted by molar-refractivity contribution is 5.76. The third-order valence-corrected chi connectivity index (χ3v) is 11.0. The van der Waals surface area contributed by atoms with Gasteiger partial charge >= 0.3 is 0 Å². The Morgan fingerprint density at radius 1 is 0.403 bits per heavy atom. The van der Waals surface area contributed by atoms with Crippen molar-refractivity contribution in [2.45, 2.75) is 231 Å². The molecule has 0 aliphatic carbocycles. The van der Waals surface area contributed by atoms with Crippen LogP contribution < -0.4 is 5.32 Å². The predicted molar refractivity (Wildman–Crippen MR) is 276 cm³/mol. The molecule has 3 N–H and O–H groups in total. The van der Waals surface area contributed by atoms with Gasteiger partial charge < -0.3 is 15.5 Å². The predicted octanol–water partition coefficient (Wildman–Crippen LogP) is 16.9. The summed E-state index contributed by atoms with van der Waals surface area (Å²) in [6.07, 6.45) is 80.1. The third kappa shape index (κ3) is 47.8. The first-order valence-electron chi connectivity index (χ1n) is 25.7. The first-order chi connectivity index (χ1) is 30.7. The first kappa shape index (κ1) is 58.8. The summed E-state index contributed by atoms with van der Waals surface area (Å²) in [4.78, 5) is 12.4. The second-order valence-electron chi connectivity index (χ2n) is 16.9. The fraction of sp³-hybridized carbons (Fsp3) is 0.638. The number of unbranched alkanes of at least 4 members (excludes halogenated alkanes) is 18. The van der Waals surface area contributed by atoms with Crippen molar-refractivity contribution in [3.8, 4) is 0 Å². The zero-order valence-corrected chi connectivity index (χ0v) is 40.3. The molecule has 0 fully saturated rings. The van der Waals surface area contributed by atoms with E-state index in [9.17, 15) is 15.0 Å². The molecule has 4 heteroatoms. The SMILES string of the molecule is CC/C=C\C/C=C\C/C=C\C/C=C\C/C=C\C/C=C\C/C=C\C/C=C\C/C=C\C/C=C\CCCCCCCCC(=O)NC(CO)C(O)CCCCCCCCCCCCCCC. The van der Waals surface area contributed by atoms with Gasteiger partial charge in [-0.2, -0.15) is 0 Å². The molecule has 4 nitrogen and oxygen atoms in total. The molecule has 0 saturated carbocycles. The molecule has 0 aliphatic rings. The molecule has 0 saturated heterocycles. The Morgan fingerprint density at radius 2 is 0.710 bits per heavy atom. The van der Waals surface area contributed by atoms with Crippen LogP contribution >= 0.6 is 0 Å². The number of rotatable bonds is 45. The molecule has 0 aromatic rings. The minimum absolute atomic E-state index is 0.0516. The van der Waals surface area contributed by atoms with Crippen molar-refractivity contribution in [2.24, 2.45) is 0 Å². The summed E-state index contributed by atoms with van der Waals surface area (Å²) >= 11 is 0. The van der Waals surface area contributed by atoms with Crippen LogP contribution in [-0.2, 0) is 4.79 Å². The van der Waals surface area contributed by atoms with E-state index in [1.54, 1.807) is 0 Å². The second kappa shape index (κ2) is 52.1. The van der Waals surface area contributed by atoms with E-state index in [0.29, 0.717) is 12.8 Å². The number of nitrogens with one attached hydrogen (secondary N) is 1. The zero-order valence-electron chi connectivity index (χ0n) is 40.3. The summed E-state index contributed by atoms with van der Waals surface area (Å²) in [6.45, 7) is 4.22. The minimum Gasteiger partial charge on any atom is -0.394 e. The maximum absolute atomic E-state index is 12.4. The summed E-state index contributed by atoms with van der Waals surface area (Å²) in [6, 6.07) is -0.552. The second-order valence-corrected chi connectivity index (χ2v) is 16.9. The van der Waals surface area contributed by atoms with Gasteiger partial charge in [-0.3, -0.25) is 4.79 Å². The van der Waals surface area contributed by atoms with Crippen molar-refractivity contribution in [1.29, 1.82) is 0 Å². The smallest absolute Gasteiger partial charge is 0.220 e. The number of allylic oxidation sites excluding steroid dienone is 20. The molecule has 0 spiro atoms. The Morgan fingerprint density at radius 3 is 1.06 bits per heavy atom. The van der Waals surface area contributed by atoms with Crippen molar-refractivity contribution in [3.05, 3.63) is 122 Å². The molecule has 0 aromatic heterocycles. The summed E-state index contributed by atoms with van der Waals surface area (Å²) in [7, 11) is 0. The van der Waals surface area contributed by atoms with Gasteiger partial charge in [0.25, 0.3) is 0 Å². The molecule has 2 atom stereocenters. The average Bonchev–Trinajstić information content (AvgIpc) is 3.28. The van der Waals surface area contributed by atoms with E-state index in [2.05, 4.69) is 141 Å². The van der Waals surface area contributed by atoms with Crippen LogP contribution in [0.3, 0.4) is 0 Å². The summed E-state index contributed by atoms with van der Waals surface area (Å²) in [5.74, 6) is -0.0516. The largest absolute Gasteiger partial charge is 0.394 e.